The molecule has 1 atom stereocenters. The number of hydrogen-bond donors (Lipinski definition) is 1. The summed E-state index contributed by atoms with van der Waals surface area (Å²) in [4.78, 5) is 24.4. The molecule has 26 heavy (non-hydrogen) atoms. The Morgan fingerprint density at radius 1 is 1.08 bits per heavy atom. The summed E-state index contributed by atoms with van der Waals surface area (Å²) in [6.07, 6.45) is -0.193. The van der Waals surface area contributed by atoms with Gasteiger partial charge in [-0.2, -0.15) is 0 Å². The Balaban J connectivity index is 2.15. The second kappa shape index (κ2) is 8.89. The first-order valence-corrected chi connectivity index (χ1v) is 8.29. The molecule has 6 heteroatoms. The lowest BCUT2D eigenvalue weighted by atomic mass is 10.1. The molecule has 0 aliphatic heterocycles. The van der Waals surface area contributed by atoms with E-state index >= 15 is 0 Å². The first-order valence-electron chi connectivity index (χ1n) is 8.29. The van der Waals surface area contributed by atoms with Gasteiger partial charge < -0.3 is 19.5 Å². The van der Waals surface area contributed by atoms with Gasteiger partial charge in [-0.25, -0.2) is 4.79 Å². The monoisotopic (exact) mass is 357 g/mol. The van der Waals surface area contributed by atoms with Crippen molar-refractivity contribution < 1.29 is 23.8 Å². The van der Waals surface area contributed by atoms with Crippen LogP contribution in [0.1, 0.15) is 29.3 Å². The van der Waals surface area contributed by atoms with Gasteiger partial charge in [-0.3, -0.25) is 4.79 Å². The lowest BCUT2D eigenvalue weighted by Gasteiger charge is -2.19. The number of methoxy groups -OCH3 is 2. The number of carbonyl (C=O) groups excluding carboxylic acids is 2. The average Bonchev–Trinajstić information content (AvgIpc) is 2.67. The van der Waals surface area contributed by atoms with Crippen molar-refractivity contribution in [2.75, 3.05) is 19.5 Å². The summed E-state index contributed by atoms with van der Waals surface area (Å²) in [5.41, 5.74) is 1.60. The fourth-order valence-electron chi connectivity index (χ4n) is 2.48. The minimum Gasteiger partial charge on any atom is -0.497 e. The summed E-state index contributed by atoms with van der Waals surface area (Å²) in [7, 11) is 2.89. The highest BCUT2D eigenvalue weighted by atomic mass is 16.5. The number of ether oxygens (including phenoxy) is 3. The van der Waals surface area contributed by atoms with E-state index in [4.69, 9.17) is 14.2 Å². The maximum Gasteiger partial charge on any atom is 0.338 e. The molecule has 0 bridgehead atoms. The molecule has 1 N–H and O–H groups in total. The van der Waals surface area contributed by atoms with Crippen LogP contribution in [0.5, 0.6) is 11.5 Å². The van der Waals surface area contributed by atoms with Gasteiger partial charge in [0.25, 0.3) is 5.91 Å². The van der Waals surface area contributed by atoms with Gasteiger partial charge in [-0.1, -0.05) is 19.1 Å². The number of esters is 1. The van der Waals surface area contributed by atoms with Gasteiger partial charge >= 0.3 is 5.97 Å². The summed E-state index contributed by atoms with van der Waals surface area (Å²) >= 11 is 0. The maximum absolute atomic E-state index is 12.6. The maximum atomic E-state index is 12.6. The van der Waals surface area contributed by atoms with Crippen LogP contribution >= 0.6 is 0 Å². The van der Waals surface area contributed by atoms with Crippen LogP contribution < -0.4 is 14.8 Å². The molecule has 2 aromatic carbocycles. The minimum absolute atomic E-state index is 0.291. The van der Waals surface area contributed by atoms with Gasteiger partial charge in [0.2, 0.25) is 0 Å². The van der Waals surface area contributed by atoms with E-state index in [2.05, 4.69) is 5.32 Å². The van der Waals surface area contributed by atoms with Crippen LogP contribution in [-0.4, -0.2) is 32.2 Å². The molecular formula is C20H23NO5. The number of nitrogens with one attached hydrogen (secondary N) is 1. The number of rotatable bonds is 7. The van der Waals surface area contributed by atoms with E-state index in [0.29, 0.717) is 34.7 Å². The molecule has 0 spiro atoms. The summed E-state index contributed by atoms with van der Waals surface area (Å²) < 4.78 is 15.7. The predicted molar refractivity (Wildman–Crippen MR) is 98.8 cm³/mol. The second-order valence-corrected chi connectivity index (χ2v) is 5.65. The van der Waals surface area contributed by atoms with Gasteiger partial charge in [0, 0.05) is 11.8 Å². The number of amides is 1. The molecule has 138 valence electrons. The van der Waals surface area contributed by atoms with E-state index in [1.165, 1.54) is 7.11 Å². The van der Waals surface area contributed by atoms with Crippen molar-refractivity contribution >= 4 is 17.6 Å². The van der Waals surface area contributed by atoms with Gasteiger partial charge in [-0.15, -0.1) is 0 Å². The van der Waals surface area contributed by atoms with E-state index in [-0.39, 0.29) is 5.91 Å². The first-order chi connectivity index (χ1) is 12.5. The van der Waals surface area contributed by atoms with Gasteiger partial charge in [0.15, 0.2) is 6.10 Å². The Hall–Kier alpha value is -3.02. The van der Waals surface area contributed by atoms with E-state index in [9.17, 15) is 9.59 Å². The van der Waals surface area contributed by atoms with Crippen molar-refractivity contribution in [2.24, 2.45) is 0 Å². The zero-order chi connectivity index (χ0) is 19.1. The lowest BCUT2D eigenvalue weighted by molar-refractivity contribution is -0.122. The van der Waals surface area contributed by atoms with Crippen molar-refractivity contribution in [3.8, 4) is 11.5 Å². The first kappa shape index (κ1) is 19.3. The molecule has 0 aliphatic rings. The molecule has 1 amide bonds. The van der Waals surface area contributed by atoms with Crippen molar-refractivity contribution in [3.05, 3.63) is 53.6 Å². The quantitative estimate of drug-likeness (QED) is 0.767. The molecule has 2 rings (SSSR count). The molecule has 0 saturated heterocycles. The second-order valence-electron chi connectivity index (χ2n) is 5.65. The number of anilines is 1. The van der Waals surface area contributed by atoms with Crippen LogP contribution in [0.15, 0.2) is 42.5 Å². The van der Waals surface area contributed by atoms with E-state index < -0.39 is 12.1 Å². The van der Waals surface area contributed by atoms with Crippen molar-refractivity contribution in [1.82, 2.24) is 0 Å². The number of hydrogen-bond acceptors (Lipinski definition) is 5. The summed E-state index contributed by atoms with van der Waals surface area (Å²) in [5, 5.41) is 2.83. The van der Waals surface area contributed by atoms with Crippen LogP contribution in [0.4, 0.5) is 5.69 Å². The average molecular weight is 357 g/mol. The summed E-state index contributed by atoms with van der Waals surface area (Å²) in [5.74, 6) is 0.462. The molecule has 0 saturated carbocycles. The Morgan fingerprint density at radius 2 is 1.77 bits per heavy atom. The van der Waals surface area contributed by atoms with Crippen molar-refractivity contribution in [2.45, 2.75) is 26.4 Å². The molecule has 0 unspecified atom stereocenters. The molecule has 2 aromatic rings. The molecule has 0 aliphatic carbocycles. The van der Waals surface area contributed by atoms with E-state index in [1.807, 2.05) is 6.92 Å². The third-order valence-corrected chi connectivity index (χ3v) is 3.98. The third-order valence-electron chi connectivity index (χ3n) is 3.98. The molecule has 6 nitrogen and oxygen atoms in total. The van der Waals surface area contributed by atoms with E-state index in [0.717, 1.165) is 0 Å². The van der Waals surface area contributed by atoms with Gasteiger partial charge in [-0.05, 0) is 43.2 Å². The zero-order valence-corrected chi connectivity index (χ0v) is 15.4. The zero-order valence-electron chi connectivity index (χ0n) is 15.4. The van der Waals surface area contributed by atoms with Crippen LogP contribution in [0.25, 0.3) is 0 Å². The lowest BCUT2D eigenvalue weighted by Crippen LogP contribution is -2.32. The van der Waals surface area contributed by atoms with Crippen molar-refractivity contribution in [1.29, 1.82) is 0 Å². The topological polar surface area (TPSA) is 73.9 Å². The highest BCUT2D eigenvalue weighted by Gasteiger charge is 2.21. The van der Waals surface area contributed by atoms with Crippen LogP contribution in [0.2, 0.25) is 0 Å². The summed E-state index contributed by atoms with van der Waals surface area (Å²) in [6.45, 7) is 3.62. The Kier molecular flexibility index (Phi) is 6.60. The number of benzene rings is 2. The van der Waals surface area contributed by atoms with Crippen LogP contribution in [0.3, 0.4) is 0 Å². The fourth-order valence-corrected chi connectivity index (χ4v) is 2.48. The SMILES string of the molecule is CC[C@H](Oc1cccc(OC)c1)C(=O)Nc1cccc(C(=O)OC)c1C. The van der Waals surface area contributed by atoms with E-state index in [1.54, 1.807) is 56.5 Å². The molecule has 0 radical (unpaired) electrons. The van der Waals surface area contributed by atoms with Gasteiger partial charge in [0.1, 0.15) is 11.5 Å². The largest absolute Gasteiger partial charge is 0.497 e. The van der Waals surface area contributed by atoms with Crippen LogP contribution in [-0.2, 0) is 9.53 Å². The van der Waals surface area contributed by atoms with Crippen molar-refractivity contribution in [3.63, 3.8) is 0 Å². The predicted octanol–water partition coefficient (Wildman–Crippen LogP) is 3.59. The third kappa shape index (κ3) is 4.53. The van der Waals surface area contributed by atoms with Gasteiger partial charge in [0.05, 0.1) is 19.8 Å². The highest BCUT2D eigenvalue weighted by molar-refractivity contribution is 5.98. The Morgan fingerprint density at radius 3 is 2.42 bits per heavy atom. The highest BCUT2D eigenvalue weighted by Crippen LogP contribution is 2.23. The Bertz CT molecular complexity index is 788. The normalized spacial score (nSPS) is 11.4. The molecule has 0 aromatic heterocycles. The molecule has 0 fully saturated rings. The smallest absolute Gasteiger partial charge is 0.338 e. The van der Waals surface area contributed by atoms with Crippen LogP contribution in [0, 0.1) is 6.92 Å². The molecule has 0 heterocycles. The summed E-state index contributed by atoms with van der Waals surface area (Å²) in [6, 6.07) is 12.2. The fraction of sp³-hybridized carbons (Fsp3) is 0.300. The number of carbonyl (C=O) groups is 2. The Labute approximate surface area is 153 Å². The molecular weight excluding hydrogens is 334 g/mol. The minimum atomic E-state index is -0.678. The standard InChI is InChI=1S/C20H23NO5/c1-5-18(26-15-9-6-8-14(12-15)24-3)19(22)21-17-11-7-10-16(13(17)2)20(23)25-4/h6-12,18H,5H2,1-4H3,(H,21,22)/t18-/m0/s1.